The number of alkyl halides is 1. The molecule has 0 bridgehead atoms. The Morgan fingerprint density at radius 1 is 1.33 bits per heavy atom. The summed E-state index contributed by atoms with van der Waals surface area (Å²) in [4.78, 5) is 10.3. The Morgan fingerprint density at radius 3 is 2.71 bits per heavy atom. The highest BCUT2D eigenvalue weighted by atomic mass is 35.5. The Morgan fingerprint density at radius 2 is 2.10 bits per heavy atom. The molecule has 2 aromatic carbocycles. The van der Waals surface area contributed by atoms with Crippen molar-refractivity contribution < 1.29 is 18.8 Å². The van der Waals surface area contributed by atoms with Gasteiger partial charge in [0, 0.05) is 5.56 Å². The van der Waals surface area contributed by atoms with Gasteiger partial charge in [-0.2, -0.15) is 0 Å². The molecule has 2 rings (SSSR count). The van der Waals surface area contributed by atoms with E-state index in [4.69, 9.17) is 21.1 Å². The van der Waals surface area contributed by atoms with Gasteiger partial charge < -0.3 is 9.47 Å². The third kappa shape index (κ3) is 3.22. The molecule has 0 radical (unpaired) electrons. The summed E-state index contributed by atoms with van der Waals surface area (Å²) in [6.07, 6.45) is 0. The van der Waals surface area contributed by atoms with Crippen molar-refractivity contribution in [3.63, 3.8) is 0 Å². The number of hydrogen-bond acceptors (Lipinski definition) is 4. The lowest BCUT2D eigenvalue weighted by atomic mass is 10.2. The van der Waals surface area contributed by atoms with Crippen LogP contribution in [0.4, 0.5) is 10.1 Å². The Kier molecular flexibility index (Phi) is 4.59. The lowest BCUT2D eigenvalue weighted by molar-refractivity contribution is -0.385. The predicted molar refractivity (Wildman–Crippen MR) is 75.7 cm³/mol. The van der Waals surface area contributed by atoms with E-state index in [1.165, 1.54) is 37.4 Å². The number of benzene rings is 2. The molecule has 0 aromatic heterocycles. The molecule has 0 aliphatic rings. The number of para-hydroxylation sites is 1. The van der Waals surface area contributed by atoms with Gasteiger partial charge >= 0.3 is 5.69 Å². The van der Waals surface area contributed by atoms with Crippen LogP contribution in [0.25, 0.3) is 0 Å². The normalized spacial score (nSPS) is 10.2. The summed E-state index contributed by atoms with van der Waals surface area (Å²) in [7, 11) is 1.32. The van der Waals surface area contributed by atoms with Crippen molar-refractivity contribution in [2.45, 2.75) is 5.88 Å². The van der Waals surface area contributed by atoms with Crippen molar-refractivity contribution in [2.24, 2.45) is 0 Å². The Labute approximate surface area is 125 Å². The van der Waals surface area contributed by atoms with E-state index in [1.54, 1.807) is 6.07 Å². The van der Waals surface area contributed by atoms with Crippen molar-refractivity contribution >= 4 is 17.3 Å². The van der Waals surface area contributed by atoms with Gasteiger partial charge in [-0.05, 0) is 18.2 Å². The summed E-state index contributed by atoms with van der Waals surface area (Å²) in [6, 6.07) is 8.36. The van der Waals surface area contributed by atoms with E-state index in [9.17, 15) is 14.5 Å². The first-order chi connectivity index (χ1) is 10.1. The minimum atomic E-state index is -0.602. The summed E-state index contributed by atoms with van der Waals surface area (Å²) in [5.74, 6) is -0.360. The molecule has 0 unspecified atom stereocenters. The number of nitrogens with zero attached hydrogens (tertiary/aromatic N) is 1. The Bertz CT molecular complexity index is 678. The highest BCUT2D eigenvalue weighted by Gasteiger charge is 2.17. The highest BCUT2D eigenvalue weighted by Crippen LogP contribution is 2.35. The molecule has 0 N–H and O–H groups in total. The van der Waals surface area contributed by atoms with Gasteiger partial charge in [0.1, 0.15) is 5.75 Å². The summed E-state index contributed by atoms with van der Waals surface area (Å²) in [6.45, 7) is 0. The van der Waals surface area contributed by atoms with E-state index in [2.05, 4.69) is 0 Å². The van der Waals surface area contributed by atoms with Crippen LogP contribution in [0.3, 0.4) is 0 Å². The van der Waals surface area contributed by atoms with Crippen LogP contribution in [0.1, 0.15) is 5.56 Å². The summed E-state index contributed by atoms with van der Waals surface area (Å²) in [5, 5.41) is 11.0. The molecule has 0 spiro atoms. The summed E-state index contributed by atoms with van der Waals surface area (Å²) in [5.41, 5.74) is 0.189. The second kappa shape index (κ2) is 6.41. The molecular weight excluding hydrogens is 301 g/mol. The van der Waals surface area contributed by atoms with Crippen LogP contribution in [0.5, 0.6) is 17.2 Å². The minimum absolute atomic E-state index is 0.0491. The topological polar surface area (TPSA) is 61.6 Å². The maximum atomic E-state index is 13.8. The molecule has 21 heavy (non-hydrogen) atoms. The van der Waals surface area contributed by atoms with Gasteiger partial charge in [-0.15, -0.1) is 11.6 Å². The standard InChI is InChI=1S/C14H11ClFNO4/c1-20-13-6-5-10(7-12(13)17(18)19)21-14-9(8-15)3-2-4-11(14)16/h2-7H,8H2,1H3. The quantitative estimate of drug-likeness (QED) is 0.470. The number of halogens is 2. The van der Waals surface area contributed by atoms with Crippen molar-refractivity contribution in [3.8, 4) is 17.2 Å². The van der Waals surface area contributed by atoms with Crippen molar-refractivity contribution in [3.05, 3.63) is 57.9 Å². The molecule has 0 saturated carbocycles. The maximum Gasteiger partial charge on any atom is 0.314 e. The smallest absolute Gasteiger partial charge is 0.314 e. The van der Waals surface area contributed by atoms with Crippen LogP contribution in [0.2, 0.25) is 0 Å². The molecule has 0 amide bonds. The first kappa shape index (κ1) is 15.1. The number of ether oxygens (including phenoxy) is 2. The van der Waals surface area contributed by atoms with E-state index >= 15 is 0 Å². The molecule has 0 aliphatic heterocycles. The fourth-order valence-electron chi connectivity index (χ4n) is 1.77. The van der Waals surface area contributed by atoms with Crippen molar-refractivity contribution in [1.29, 1.82) is 0 Å². The molecular formula is C14H11ClFNO4. The lowest BCUT2D eigenvalue weighted by Crippen LogP contribution is -1.96. The van der Waals surface area contributed by atoms with Gasteiger partial charge in [0.2, 0.25) is 0 Å². The van der Waals surface area contributed by atoms with Crippen LogP contribution in [-0.2, 0) is 5.88 Å². The van der Waals surface area contributed by atoms with Gasteiger partial charge in [-0.1, -0.05) is 12.1 Å². The second-order valence-electron chi connectivity index (χ2n) is 4.05. The van der Waals surface area contributed by atoms with Gasteiger partial charge in [0.05, 0.1) is 24.0 Å². The molecule has 0 atom stereocenters. The largest absolute Gasteiger partial charge is 0.490 e. The molecule has 0 heterocycles. The van der Waals surface area contributed by atoms with E-state index in [-0.39, 0.29) is 28.8 Å². The number of rotatable bonds is 5. The molecule has 0 saturated heterocycles. The summed E-state index contributed by atoms with van der Waals surface area (Å²) >= 11 is 5.72. The second-order valence-corrected chi connectivity index (χ2v) is 4.32. The SMILES string of the molecule is COc1ccc(Oc2c(F)cccc2CCl)cc1[N+](=O)[O-]. The van der Waals surface area contributed by atoms with Gasteiger partial charge in [-0.25, -0.2) is 4.39 Å². The van der Waals surface area contributed by atoms with Crippen molar-refractivity contribution in [1.82, 2.24) is 0 Å². The van der Waals surface area contributed by atoms with Crippen molar-refractivity contribution in [2.75, 3.05) is 7.11 Å². The first-order valence-corrected chi connectivity index (χ1v) is 6.44. The number of hydrogen-bond donors (Lipinski definition) is 0. The maximum absolute atomic E-state index is 13.8. The average Bonchev–Trinajstić information content (AvgIpc) is 2.49. The van der Waals surface area contributed by atoms with Crippen LogP contribution < -0.4 is 9.47 Å². The summed E-state index contributed by atoms with van der Waals surface area (Å²) < 4.78 is 24.1. The predicted octanol–water partition coefficient (Wildman–Crippen LogP) is 4.27. The van der Waals surface area contributed by atoms with Gasteiger partial charge in [0.25, 0.3) is 0 Å². The number of nitro groups is 1. The third-order valence-corrected chi connectivity index (χ3v) is 3.05. The van der Waals surface area contributed by atoms with Crippen LogP contribution in [-0.4, -0.2) is 12.0 Å². The fraction of sp³-hybridized carbons (Fsp3) is 0.143. The lowest BCUT2D eigenvalue weighted by Gasteiger charge is -2.11. The molecule has 0 fully saturated rings. The monoisotopic (exact) mass is 311 g/mol. The third-order valence-electron chi connectivity index (χ3n) is 2.76. The molecule has 7 heteroatoms. The van der Waals surface area contributed by atoms with E-state index in [0.717, 1.165) is 0 Å². The number of nitro benzene ring substituents is 1. The average molecular weight is 312 g/mol. The zero-order valence-corrected chi connectivity index (χ0v) is 11.8. The molecule has 2 aromatic rings. The fourth-order valence-corrected chi connectivity index (χ4v) is 1.98. The van der Waals surface area contributed by atoms with E-state index in [1.807, 2.05) is 0 Å². The Hall–Kier alpha value is -2.34. The van der Waals surface area contributed by atoms with Crippen LogP contribution >= 0.6 is 11.6 Å². The molecule has 5 nitrogen and oxygen atoms in total. The van der Waals surface area contributed by atoms with Crippen LogP contribution in [0.15, 0.2) is 36.4 Å². The van der Waals surface area contributed by atoms with Gasteiger partial charge in [-0.3, -0.25) is 10.1 Å². The minimum Gasteiger partial charge on any atom is -0.490 e. The van der Waals surface area contributed by atoms with E-state index < -0.39 is 10.7 Å². The zero-order chi connectivity index (χ0) is 15.4. The first-order valence-electron chi connectivity index (χ1n) is 5.90. The Balaban J connectivity index is 2.41. The van der Waals surface area contributed by atoms with Gasteiger partial charge in [0.15, 0.2) is 17.3 Å². The molecule has 0 aliphatic carbocycles. The highest BCUT2D eigenvalue weighted by molar-refractivity contribution is 6.17. The molecule has 110 valence electrons. The zero-order valence-electron chi connectivity index (χ0n) is 11.0. The van der Waals surface area contributed by atoms with Crippen LogP contribution in [0, 0.1) is 15.9 Å². The van der Waals surface area contributed by atoms with E-state index in [0.29, 0.717) is 5.56 Å². The number of methoxy groups -OCH3 is 1.